The summed E-state index contributed by atoms with van der Waals surface area (Å²) in [6, 6.07) is 9.66. The summed E-state index contributed by atoms with van der Waals surface area (Å²) in [6.45, 7) is 1.71. The topological polar surface area (TPSA) is 73.0 Å². The van der Waals surface area contributed by atoms with Crippen LogP contribution in [-0.2, 0) is 6.18 Å². The van der Waals surface area contributed by atoms with Crippen LogP contribution in [0.2, 0.25) is 0 Å². The van der Waals surface area contributed by atoms with Crippen LogP contribution in [0.1, 0.15) is 21.6 Å². The van der Waals surface area contributed by atoms with Crippen molar-refractivity contribution in [3.8, 4) is 16.6 Å². The third-order valence-electron chi connectivity index (χ3n) is 4.00. The van der Waals surface area contributed by atoms with E-state index < -0.39 is 23.2 Å². The molecule has 3 heterocycles. The Hall–Kier alpha value is -3.40. The van der Waals surface area contributed by atoms with Crippen molar-refractivity contribution in [2.24, 2.45) is 0 Å². The van der Waals surface area contributed by atoms with Crippen molar-refractivity contribution in [1.29, 1.82) is 0 Å². The zero-order valence-electron chi connectivity index (χ0n) is 14.9. The zero-order chi connectivity index (χ0) is 20.6. The first kappa shape index (κ1) is 18.9. The summed E-state index contributed by atoms with van der Waals surface area (Å²) in [5.41, 5.74) is -0.322. The molecule has 29 heavy (non-hydrogen) atoms. The minimum absolute atomic E-state index is 0.213. The average molecular weight is 418 g/mol. The van der Waals surface area contributed by atoms with Gasteiger partial charge >= 0.3 is 6.18 Å². The third kappa shape index (κ3) is 3.79. The molecule has 3 aromatic heterocycles. The third-order valence-corrected chi connectivity index (χ3v) is 4.81. The smallest absolute Gasteiger partial charge is 0.417 e. The number of aryl methyl sites for hydroxylation is 1. The van der Waals surface area contributed by atoms with Crippen molar-refractivity contribution in [2.75, 3.05) is 5.32 Å². The van der Waals surface area contributed by atoms with Crippen molar-refractivity contribution >= 4 is 23.1 Å². The van der Waals surface area contributed by atoms with E-state index in [9.17, 15) is 18.0 Å². The Balaban J connectivity index is 1.66. The van der Waals surface area contributed by atoms with Crippen molar-refractivity contribution in [3.05, 3.63) is 70.9 Å². The number of nitrogens with zero attached hydrogens (tertiary/aromatic N) is 3. The summed E-state index contributed by atoms with van der Waals surface area (Å²) in [5.74, 6) is -0.104. The first-order chi connectivity index (χ1) is 13.8. The molecular formula is C19H13F3N4O2S. The molecule has 6 nitrogen and oxygen atoms in total. The maximum absolute atomic E-state index is 13.2. The molecule has 4 rings (SSSR count). The molecule has 0 aliphatic carbocycles. The Bertz CT molecular complexity index is 1160. The Morgan fingerprint density at radius 1 is 1.21 bits per heavy atom. The molecule has 1 amide bonds. The highest BCUT2D eigenvalue weighted by molar-refractivity contribution is 7.12. The molecular weight excluding hydrogens is 405 g/mol. The molecule has 0 saturated carbocycles. The fourth-order valence-electron chi connectivity index (χ4n) is 2.75. The number of rotatable bonds is 4. The molecule has 0 saturated heterocycles. The van der Waals surface area contributed by atoms with Gasteiger partial charge in [0.2, 0.25) is 5.13 Å². The lowest BCUT2D eigenvalue weighted by atomic mass is 10.1. The second kappa shape index (κ2) is 7.21. The first-order valence-corrected chi connectivity index (χ1v) is 9.25. The van der Waals surface area contributed by atoms with E-state index in [1.807, 2.05) is 0 Å². The Morgan fingerprint density at radius 3 is 2.72 bits per heavy atom. The highest BCUT2D eigenvalue weighted by atomic mass is 32.1. The van der Waals surface area contributed by atoms with Gasteiger partial charge in [-0.1, -0.05) is 12.1 Å². The van der Waals surface area contributed by atoms with Gasteiger partial charge in [-0.3, -0.25) is 4.79 Å². The Labute approximate surface area is 166 Å². The number of halogens is 3. The van der Waals surface area contributed by atoms with Gasteiger partial charge in [0.05, 0.1) is 23.1 Å². The molecule has 1 N–H and O–H groups in total. The van der Waals surface area contributed by atoms with E-state index in [0.717, 1.165) is 12.1 Å². The molecule has 0 bridgehead atoms. The molecule has 0 atom stereocenters. The molecule has 148 valence electrons. The van der Waals surface area contributed by atoms with Gasteiger partial charge in [0.25, 0.3) is 5.91 Å². The van der Waals surface area contributed by atoms with E-state index in [0.29, 0.717) is 22.3 Å². The second-order valence-electron chi connectivity index (χ2n) is 6.07. The number of hydrogen-bond acceptors (Lipinski definition) is 5. The molecule has 0 aliphatic rings. The van der Waals surface area contributed by atoms with Crippen LogP contribution in [0.15, 0.2) is 58.5 Å². The first-order valence-electron chi connectivity index (χ1n) is 8.37. The van der Waals surface area contributed by atoms with E-state index in [-0.39, 0.29) is 5.82 Å². The summed E-state index contributed by atoms with van der Waals surface area (Å²) >= 11 is 1.26. The van der Waals surface area contributed by atoms with Crippen molar-refractivity contribution in [3.63, 3.8) is 0 Å². The maximum Gasteiger partial charge on any atom is 0.417 e. The number of benzene rings is 1. The SMILES string of the molecule is Cc1cc(NC(=O)c2ccccc2C(F)(F)F)n(-c2nc(-c3ccco3)cs2)n1. The van der Waals surface area contributed by atoms with Crippen LogP contribution < -0.4 is 5.32 Å². The Morgan fingerprint density at radius 2 is 2.00 bits per heavy atom. The van der Waals surface area contributed by atoms with Crippen LogP contribution in [0.4, 0.5) is 19.0 Å². The molecule has 0 unspecified atom stereocenters. The van der Waals surface area contributed by atoms with E-state index in [2.05, 4.69) is 15.4 Å². The summed E-state index contributed by atoms with van der Waals surface area (Å²) in [6.07, 6.45) is -3.12. The minimum Gasteiger partial charge on any atom is -0.463 e. The fraction of sp³-hybridized carbons (Fsp3) is 0.105. The summed E-state index contributed by atoms with van der Waals surface area (Å²) < 4.78 is 46.3. The summed E-state index contributed by atoms with van der Waals surface area (Å²) in [5, 5.41) is 8.99. The van der Waals surface area contributed by atoms with Crippen LogP contribution in [0.3, 0.4) is 0 Å². The minimum atomic E-state index is -4.64. The number of carbonyl (C=O) groups is 1. The van der Waals surface area contributed by atoms with E-state index >= 15 is 0 Å². The number of thiazole rings is 1. The lowest BCUT2D eigenvalue weighted by Crippen LogP contribution is -2.20. The van der Waals surface area contributed by atoms with Gasteiger partial charge in [0.15, 0.2) is 5.76 Å². The average Bonchev–Trinajstić information content (AvgIpc) is 3.41. The van der Waals surface area contributed by atoms with Crippen LogP contribution >= 0.6 is 11.3 Å². The number of alkyl halides is 3. The van der Waals surface area contributed by atoms with Crippen LogP contribution in [0, 0.1) is 6.92 Å². The molecule has 0 spiro atoms. The van der Waals surface area contributed by atoms with Crippen LogP contribution in [0.5, 0.6) is 0 Å². The normalized spacial score (nSPS) is 11.6. The number of furan rings is 1. The van der Waals surface area contributed by atoms with Gasteiger partial charge in [0, 0.05) is 11.4 Å². The summed E-state index contributed by atoms with van der Waals surface area (Å²) in [4.78, 5) is 17.0. The van der Waals surface area contributed by atoms with E-state index in [4.69, 9.17) is 4.42 Å². The molecule has 0 radical (unpaired) electrons. The number of anilines is 1. The molecule has 1 aromatic carbocycles. The maximum atomic E-state index is 13.2. The number of carbonyl (C=O) groups excluding carboxylic acids is 1. The highest BCUT2D eigenvalue weighted by Crippen LogP contribution is 2.32. The number of amides is 1. The van der Waals surface area contributed by atoms with Crippen molar-refractivity contribution in [2.45, 2.75) is 13.1 Å². The van der Waals surface area contributed by atoms with Gasteiger partial charge in [-0.25, -0.2) is 4.98 Å². The van der Waals surface area contributed by atoms with Crippen molar-refractivity contribution < 1.29 is 22.4 Å². The fourth-order valence-corrected chi connectivity index (χ4v) is 3.52. The van der Waals surface area contributed by atoms with Crippen LogP contribution in [-0.4, -0.2) is 20.7 Å². The van der Waals surface area contributed by atoms with Gasteiger partial charge in [-0.2, -0.15) is 23.0 Å². The number of aromatic nitrogens is 3. The Kier molecular flexibility index (Phi) is 4.71. The quantitative estimate of drug-likeness (QED) is 0.496. The summed E-state index contributed by atoms with van der Waals surface area (Å²) in [7, 11) is 0. The molecule has 10 heteroatoms. The lowest BCUT2D eigenvalue weighted by Gasteiger charge is -2.12. The predicted octanol–water partition coefficient (Wildman–Crippen LogP) is 5.17. The predicted molar refractivity (Wildman–Crippen MR) is 101 cm³/mol. The monoisotopic (exact) mass is 418 g/mol. The molecule has 0 fully saturated rings. The second-order valence-corrected chi connectivity index (χ2v) is 6.91. The van der Waals surface area contributed by atoms with E-state index in [1.165, 1.54) is 34.4 Å². The highest BCUT2D eigenvalue weighted by Gasteiger charge is 2.35. The van der Waals surface area contributed by atoms with Crippen LogP contribution in [0.25, 0.3) is 16.6 Å². The zero-order valence-corrected chi connectivity index (χ0v) is 15.7. The van der Waals surface area contributed by atoms with Crippen molar-refractivity contribution in [1.82, 2.24) is 14.8 Å². The van der Waals surface area contributed by atoms with Gasteiger partial charge in [0.1, 0.15) is 11.5 Å². The molecule has 0 aliphatic heterocycles. The van der Waals surface area contributed by atoms with Gasteiger partial charge in [-0.15, -0.1) is 11.3 Å². The largest absolute Gasteiger partial charge is 0.463 e. The number of hydrogen-bond donors (Lipinski definition) is 1. The van der Waals surface area contributed by atoms with Gasteiger partial charge < -0.3 is 9.73 Å². The van der Waals surface area contributed by atoms with Gasteiger partial charge in [-0.05, 0) is 31.2 Å². The van der Waals surface area contributed by atoms with E-state index in [1.54, 1.807) is 30.5 Å². The standard InChI is InChI=1S/C19H13F3N4O2S/c1-11-9-16(24-17(27)12-5-2-3-6-13(12)19(20,21)22)26(25-11)18-23-14(10-29-18)15-7-4-8-28-15/h2-10H,1H3,(H,24,27). The lowest BCUT2D eigenvalue weighted by molar-refractivity contribution is -0.137. The number of nitrogens with one attached hydrogen (secondary N) is 1. The molecule has 4 aromatic rings.